The van der Waals surface area contributed by atoms with E-state index in [1.807, 2.05) is 0 Å². The summed E-state index contributed by atoms with van der Waals surface area (Å²) in [5.41, 5.74) is 2.47. The topological polar surface area (TPSA) is 28.7 Å². The number of rotatable bonds is 2. The van der Waals surface area contributed by atoms with Crippen LogP contribution in [-0.4, -0.2) is 4.57 Å². The van der Waals surface area contributed by atoms with Crippen LogP contribution in [0.2, 0.25) is 0 Å². The quantitative estimate of drug-likeness (QED) is 0.630. The maximum absolute atomic E-state index is 8.38. The summed E-state index contributed by atoms with van der Waals surface area (Å²) in [4.78, 5) is 0. The molecule has 0 aromatic carbocycles. The van der Waals surface area contributed by atoms with Gasteiger partial charge in [0.05, 0.1) is 12.5 Å². The number of hydrogen-bond donors (Lipinski definition) is 0. The number of nitriles is 1. The Kier molecular flexibility index (Phi) is 2.32. The Labute approximate surface area is 67.1 Å². The third-order valence-electron chi connectivity index (χ3n) is 1.86. The Bertz CT molecular complexity index is 259. The lowest BCUT2D eigenvalue weighted by molar-refractivity contribution is 0.679. The third-order valence-corrected chi connectivity index (χ3v) is 1.86. The van der Waals surface area contributed by atoms with Crippen LogP contribution in [0.3, 0.4) is 0 Å². The highest BCUT2D eigenvalue weighted by atomic mass is 15.0. The first-order chi connectivity index (χ1) is 5.25. The molecule has 1 aromatic rings. The van der Waals surface area contributed by atoms with Gasteiger partial charge in [-0.2, -0.15) is 5.26 Å². The molecule has 2 nitrogen and oxygen atoms in total. The molecule has 0 saturated heterocycles. The Balaban J connectivity index is 2.77. The zero-order valence-electron chi connectivity index (χ0n) is 6.96. The molecule has 0 saturated carbocycles. The maximum atomic E-state index is 8.38. The van der Waals surface area contributed by atoms with Crippen LogP contribution in [0.4, 0.5) is 0 Å². The van der Waals surface area contributed by atoms with Gasteiger partial charge in [-0.05, 0) is 26.0 Å². The summed E-state index contributed by atoms with van der Waals surface area (Å²) in [6, 6.07) is 6.29. The van der Waals surface area contributed by atoms with E-state index in [1.54, 1.807) is 0 Å². The second-order valence-corrected chi connectivity index (χ2v) is 2.68. The minimum absolute atomic E-state index is 0.594. The predicted molar refractivity (Wildman–Crippen MR) is 44.1 cm³/mol. The zero-order valence-corrected chi connectivity index (χ0v) is 6.96. The summed E-state index contributed by atoms with van der Waals surface area (Å²) in [5, 5.41) is 8.38. The molecule has 1 aromatic heterocycles. The van der Waals surface area contributed by atoms with E-state index in [4.69, 9.17) is 5.26 Å². The summed E-state index contributed by atoms with van der Waals surface area (Å²) >= 11 is 0. The highest BCUT2D eigenvalue weighted by molar-refractivity contribution is 5.13. The van der Waals surface area contributed by atoms with Crippen molar-refractivity contribution in [2.45, 2.75) is 26.8 Å². The van der Waals surface area contributed by atoms with E-state index in [1.165, 1.54) is 11.4 Å². The van der Waals surface area contributed by atoms with Gasteiger partial charge in [-0.1, -0.05) is 0 Å². The highest BCUT2D eigenvalue weighted by Gasteiger charge is 1.98. The zero-order chi connectivity index (χ0) is 8.27. The molecule has 0 unspecified atom stereocenters. The lowest BCUT2D eigenvalue weighted by Crippen LogP contribution is -2.00. The Morgan fingerprint density at radius 2 is 1.91 bits per heavy atom. The second-order valence-electron chi connectivity index (χ2n) is 2.68. The smallest absolute Gasteiger partial charge is 0.0640 e. The predicted octanol–water partition coefficient (Wildman–Crippen LogP) is 2.02. The minimum Gasteiger partial charge on any atom is -0.348 e. The van der Waals surface area contributed by atoms with Crippen molar-refractivity contribution in [2.75, 3.05) is 0 Å². The first-order valence-corrected chi connectivity index (χ1v) is 3.75. The normalized spacial score (nSPS) is 9.55. The van der Waals surface area contributed by atoms with Gasteiger partial charge in [0.1, 0.15) is 0 Å². The van der Waals surface area contributed by atoms with E-state index in [-0.39, 0.29) is 0 Å². The van der Waals surface area contributed by atoms with Gasteiger partial charge >= 0.3 is 0 Å². The van der Waals surface area contributed by atoms with Crippen molar-refractivity contribution in [2.24, 2.45) is 0 Å². The van der Waals surface area contributed by atoms with E-state index in [2.05, 4.69) is 36.6 Å². The summed E-state index contributed by atoms with van der Waals surface area (Å²) in [6.07, 6.45) is 0.594. The molecule has 58 valence electrons. The van der Waals surface area contributed by atoms with Crippen molar-refractivity contribution in [3.05, 3.63) is 23.5 Å². The van der Waals surface area contributed by atoms with Crippen LogP contribution in [0.5, 0.6) is 0 Å². The van der Waals surface area contributed by atoms with Crippen molar-refractivity contribution in [1.82, 2.24) is 4.57 Å². The molecule has 11 heavy (non-hydrogen) atoms. The molecule has 0 N–H and O–H groups in total. The number of nitrogens with zero attached hydrogens (tertiary/aromatic N) is 2. The van der Waals surface area contributed by atoms with Crippen LogP contribution < -0.4 is 0 Å². The van der Waals surface area contributed by atoms with Crippen LogP contribution in [0.1, 0.15) is 17.8 Å². The first-order valence-electron chi connectivity index (χ1n) is 3.75. The molecule has 0 atom stereocenters. The molecule has 1 heterocycles. The van der Waals surface area contributed by atoms with Gasteiger partial charge < -0.3 is 4.57 Å². The molecule has 0 spiro atoms. The number of aromatic nitrogens is 1. The average Bonchev–Trinajstić information content (AvgIpc) is 2.29. The van der Waals surface area contributed by atoms with Crippen molar-refractivity contribution in [3.63, 3.8) is 0 Å². The molecule has 1 rings (SSSR count). The summed E-state index contributed by atoms with van der Waals surface area (Å²) in [6.45, 7) is 4.94. The van der Waals surface area contributed by atoms with Crippen LogP contribution in [0, 0.1) is 25.2 Å². The number of aryl methyl sites for hydroxylation is 2. The van der Waals surface area contributed by atoms with Gasteiger partial charge in [0.25, 0.3) is 0 Å². The van der Waals surface area contributed by atoms with Gasteiger partial charge in [-0.3, -0.25) is 0 Å². The van der Waals surface area contributed by atoms with Crippen molar-refractivity contribution >= 4 is 0 Å². The Morgan fingerprint density at radius 1 is 1.36 bits per heavy atom. The molecule has 0 aliphatic rings. The van der Waals surface area contributed by atoms with Gasteiger partial charge in [0, 0.05) is 17.9 Å². The van der Waals surface area contributed by atoms with Crippen molar-refractivity contribution < 1.29 is 0 Å². The van der Waals surface area contributed by atoms with E-state index >= 15 is 0 Å². The first kappa shape index (κ1) is 7.87. The molecule has 0 radical (unpaired) electrons. The van der Waals surface area contributed by atoms with Crippen LogP contribution in [0.15, 0.2) is 12.1 Å². The standard InChI is InChI=1S/C9H12N2/c1-8-4-5-9(2)11(8)7-3-6-10/h4-5H,3,7H2,1-2H3. The molecular formula is C9H12N2. The highest BCUT2D eigenvalue weighted by Crippen LogP contribution is 2.06. The SMILES string of the molecule is Cc1ccc(C)n1CCC#N. The second kappa shape index (κ2) is 3.25. The lowest BCUT2D eigenvalue weighted by atomic mass is 10.4. The fourth-order valence-electron chi connectivity index (χ4n) is 1.21. The van der Waals surface area contributed by atoms with Gasteiger partial charge in [0.15, 0.2) is 0 Å². The Hall–Kier alpha value is -1.23. The van der Waals surface area contributed by atoms with Crippen LogP contribution >= 0.6 is 0 Å². The molecule has 2 heteroatoms. The summed E-state index contributed by atoms with van der Waals surface area (Å²) < 4.78 is 2.16. The van der Waals surface area contributed by atoms with E-state index in [9.17, 15) is 0 Å². The van der Waals surface area contributed by atoms with Crippen molar-refractivity contribution in [1.29, 1.82) is 5.26 Å². The molecule has 0 bridgehead atoms. The summed E-state index contributed by atoms with van der Waals surface area (Å²) in [5.74, 6) is 0. The van der Waals surface area contributed by atoms with E-state index in [0.29, 0.717) is 6.42 Å². The fourth-order valence-corrected chi connectivity index (χ4v) is 1.21. The Morgan fingerprint density at radius 3 is 2.36 bits per heavy atom. The van der Waals surface area contributed by atoms with E-state index in [0.717, 1.165) is 6.54 Å². The average molecular weight is 148 g/mol. The molecule has 0 fully saturated rings. The largest absolute Gasteiger partial charge is 0.348 e. The van der Waals surface area contributed by atoms with Crippen LogP contribution in [-0.2, 0) is 6.54 Å². The summed E-state index contributed by atoms with van der Waals surface area (Å²) in [7, 11) is 0. The van der Waals surface area contributed by atoms with Gasteiger partial charge in [-0.15, -0.1) is 0 Å². The fraction of sp³-hybridized carbons (Fsp3) is 0.444. The maximum Gasteiger partial charge on any atom is 0.0640 e. The minimum atomic E-state index is 0.594. The van der Waals surface area contributed by atoms with Crippen LogP contribution in [0.25, 0.3) is 0 Å². The van der Waals surface area contributed by atoms with Crippen molar-refractivity contribution in [3.8, 4) is 6.07 Å². The molecule has 0 aliphatic heterocycles. The third kappa shape index (κ3) is 1.62. The van der Waals surface area contributed by atoms with E-state index < -0.39 is 0 Å². The number of hydrogen-bond acceptors (Lipinski definition) is 1. The molecule has 0 aliphatic carbocycles. The lowest BCUT2D eigenvalue weighted by Gasteiger charge is -2.04. The monoisotopic (exact) mass is 148 g/mol. The van der Waals surface area contributed by atoms with Gasteiger partial charge in [-0.25, -0.2) is 0 Å². The van der Waals surface area contributed by atoms with Gasteiger partial charge in [0.2, 0.25) is 0 Å². The molecular weight excluding hydrogens is 136 g/mol. The molecule has 0 amide bonds.